The number of anilines is 2. The standard InChI is InChI=1S/C19H21N3O5S/c23-14-13(15(24)17(26)18(27)16(14)25)21-22(12-9-5-2-6-10-12)19(28)20-11-7-3-1-4-8-11/h1-10,14-18,23-27H,(H,20,28)/t14-,15+,16-,17-,18?/m1/s1. The monoisotopic (exact) mass is 403 g/mol. The first-order valence-electron chi connectivity index (χ1n) is 8.60. The molecule has 148 valence electrons. The first-order chi connectivity index (χ1) is 13.4. The number of rotatable bonds is 3. The van der Waals surface area contributed by atoms with Crippen molar-refractivity contribution in [3.8, 4) is 0 Å². The van der Waals surface area contributed by atoms with E-state index in [2.05, 4.69) is 10.4 Å². The zero-order chi connectivity index (χ0) is 20.3. The van der Waals surface area contributed by atoms with Crippen molar-refractivity contribution in [1.29, 1.82) is 0 Å². The Labute approximate surface area is 167 Å². The van der Waals surface area contributed by atoms with Gasteiger partial charge in [-0.05, 0) is 36.5 Å². The number of nitrogens with zero attached hydrogens (tertiary/aromatic N) is 2. The summed E-state index contributed by atoms with van der Waals surface area (Å²) in [7, 11) is 0. The van der Waals surface area contributed by atoms with E-state index in [1.807, 2.05) is 18.2 Å². The van der Waals surface area contributed by atoms with Crippen LogP contribution in [-0.2, 0) is 0 Å². The number of aliphatic hydroxyl groups excluding tert-OH is 5. The predicted octanol–water partition coefficient (Wildman–Crippen LogP) is 0.0641. The van der Waals surface area contributed by atoms with Crippen molar-refractivity contribution >= 4 is 34.4 Å². The molecule has 1 aliphatic rings. The summed E-state index contributed by atoms with van der Waals surface area (Å²) in [6.45, 7) is 0. The Balaban J connectivity index is 1.97. The number of benzene rings is 2. The summed E-state index contributed by atoms with van der Waals surface area (Å²) in [6.07, 6.45) is -8.47. The minimum atomic E-state index is -1.71. The summed E-state index contributed by atoms with van der Waals surface area (Å²) in [5.74, 6) is 0. The fourth-order valence-electron chi connectivity index (χ4n) is 2.82. The molecule has 8 nitrogen and oxygen atoms in total. The fraction of sp³-hybridized carbons (Fsp3) is 0.263. The van der Waals surface area contributed by atoms with Crippen molar-refractivity contribution in [3.05, 3.63) is 60.7 Å². The van der Waals surface area contributed by atoms with Gasteiger partial charge in [0.2, 0.25) is 0 Å². The third kappa shape index (κ3) is 4.20. The number of para-hydroxylation sites is 2. The molecular formula is C19H21N3O5S. The van der Waals surface area contributed by atoms with E-state index in [9.17, 15) is 25.5 Å². The molecule has 0 amide bonds. The summed E-state index contributed by atoms with van der Waals surface area (Å²) < 4.78 is 0. The normalized spacial score (nSPS) is 28.8. The highest BCUT2D eigenvalue weighted by Gasteiger charge is 2.46. The molecule has 1 saturated carbocycles. The Kier molecular flexibility index (Phi) is 6.35. The number of hydrazone groups is 1. The lowest BCUT2D eigenvalue weighted by atomic mass is 9.85. The van der Waals surface area contributed by atoms with Gasteiger partial charge in [-0.2, -0.15) is 5.10 Å². The number of hydrogen-bond acceptors (Lipinski definition) is 7. The van der Waals surface area contributed by atoms with Crippen LogP contribution >= 0.6 is 12.2 Å². The topological polar surface area (TPSA) is 129 Å². The highest BCUT2D eigenvalue weighted by Crippen LogP contribution is 2.23. The zero-order valence-corrected chi connectivity index (χ0v) is 15.5. The molecule has 0 bridgehead atoms. The second kappa shape index (κ2) is 8.74. The molecule has 2 aromatic rings. The quantitative estimate of drug-likeness (QED) is 0.314. The maximum Gasteiger partial charge on any atom is 0.198 e. The van der Waals surface area contributed by atoms with Gasteiger partial charge < -0.3 is 30.8 Å². The van der Waals surface area contributed by atoms with E-state index >= 15 is 0 Å². The molecule has 0 heterocycles. The van der Waals surface area contributed by atoms with Gasteiger partial charge in [0.1, 0.15) is 36.2 Å². The first-order valence-corrected chi connectivity index (χ1v) is 9.01. The van der Waals surface area contributed by atoms with Crippen LogP contribution in [0.2, 0.25) is 0 Å². The Morgan fingerprint density at radius 1 is 0.786 bits per heavy atom. The summed E-state index contributed by atoms with van der Waals surface area (Å²) >= 11 is 5.44. The van der Waals surface area contributed by atoms with Gasteiger partial charge in [0, 0.05) is 5.69 Å². The molecule has 1 unspecified atom stereocenters. The highest BCUT2D eigenvalue weighted by atomic mass is 32.1. The summed E-state index contributed by atoms with van der Waals surface area (Å²) in [5, 5.41) is 58.8. The van der Waals surface area contributed by atoms with Crippen molar-refractivity contribution in [2.45, 2.75) is 30.5 Å². The number of nitrogens with one attached hydrogen (secondary N) is 1. The second-order valence-electron chi connectivity index (χ2n) is 6.33. The van der Waals surface area contributed by atoms with Gasteiger partial charge in [0.25, 0.3) is 0 Å². The average molecular weight is 403 g/mol. The lowest BCUT2D eigenvalue weighted by Crippen LogP contribution is -2.62. The molecule has 0 aromatic heterocycles. The van der Waals surface area contributed by atoms with E-state index in [-0.39, 0.29) is 10.8 Å². The van der Waals surface area contributed by atoms with E-state index in [1.165, 1.54) is 5.01 Å². The van der Waals surface area contributed by atoms with Crippen molar-refractivity contribution in [2.24, 2.45) is 5.10 Å². The molecule has 3 rings (SSSR count). The van der Waals surface area contributed by atoms with E-state index < -0.39 is 30.5 Å². The second-order valence-corrected chi connectivity index (χ2v) is 6.72. The first kappa shape index (κ1) is 20.3. The molecule has 0 radical (unpaired) electrons. The van der Waals surface area contributed by atoms with Crippen LogP contribution in [-0.4, -0.2) is 66.9 Å². The van der Waals surface area contributed by atoms with Gasteiger partial charge in [-0.25, -0.2) is 5.01 Å². The molecule has 6 N–H and O–H groups in total. The lowest BCUT2D eigenvalue weighted by molar-refractivity contribution is -0.130. The van der Waals surface area contributed by atoms with Crippen LogP contribution in [0.3, 0.4) is 0 Å². The van der Waals surface area contributed by atoms with Gasteiger partial charge in [0.15, 0.2) is 5.11 Å². The Morgan fingerprint density at radius 3 is 1.82 bits per heavy atom. The van der Waals surface area contributed by atoms with Crippen LogP contribution in [0.5, 0.6) is 0 Å². The highest BCUT2D eigenvalue weighted by molar-refractivity contribution is 7.80. The maximum absolute atomic E-state index is 10.3. The van der Waals surface area contributed by atoms with E-state index in [1.54, 1.807) is 42.5 Å². The fourth-order valence-corrected chi connectivity index (χ4v) is 3.09. The largest absolute Gasteiger partial charge is 0.387 e. The third-order valence-electron chi connectivity index (χ3n) is 4.39. The number of thiocarbonyl (C=S) groups is 1. The van der Waals surface area contributed by atoms with Gasteiger partial charge in [-0.15, -0.1) is 0 Å². The molecule has 9 heteroatoms. The van der Waals surface area contributed by atoms with Crippen molar-refractivity contribution in [1.82, 2.24) is 0 Å². The van der Waals surface area contributed by atoms with Crippen LogP contribution in [0.25, 0.3) is 0 Å². The molecule has 0 aliphatic heterocycles. The van der Waals surface area contributed by atoms with Crippen LogP contribution in [0.15, 0.2) is 65.8 Å². The van der Waals surface area contributed by atoms with Crippen molar-refractivity contribution < 1.29 is 25.5 Å². The van der Waals surface area contributed by atoms with Crippen LogP contribution < -0.4 is 10.3 Å². The minimum Gasteiger partial charge on any atom is -0.387 e. The minimum absolute atomic E-state index is 0.138. The Morgan fingerprint density at radius 2 is 1.29 bits per heavy atom. The maximum atomic E-state index is 10.3. The predicted molar refractivity (Wildman–Crippen MR) is 109 cm³/mol. The Hall–Kier alpha value is -2.40. The molecule has 0 spiro atoms. The van der Waals surface area contributed by atoms with E-state index in [0.717, 1.165) is 0 Å². The molecular weight excluding hydrogens is 382 g/mol. The van der Waals surface area contributed by atoms with Gasteiger partial charge in [-0.1, -0.05) is 36.4 Å². The summed E-state index contributed by atoms with van der Waals surface area (Å²) in [6, 6.07) is 17.9. The lowest BCUT2D eigenvalue weighted by Gasteiger charge is -2.37. The molecule has 5 atom stereocenters. The van der Waals surface area contributed by atoms with E-state index in [0.29, 0.717) is 11.4 Å². The van der Waals surface area contributed by atoms with Crippen LogP contribution in [0.4, 0.5) is 11.4 Å². The zero-order valence-electron chi connectivity index (χ0n) is 14.7. The van der Waals surface area contributed by atoms with Crippen molar-refractivity contribution in [2.75, 3.05) is 10.3 Å². The van der Waals surface area contributed by atoms with Gasteiger partial charge >= 0.3 is 0 Å². The van der Waals surface area contributed by atoms with Crippen molar-refractivity contribution in [3.63, 3.8) is 0 Å². The molecule has 28 heavy (non-hydrogen) atoms. The SMILES string of the molecule is OC1[C@H](O)[C@H](O)C(=NN(C(=S)Nc2ccccc2)c2ccccc2)[C@H](O)[C@H]1O. The van der Waals surface area contributed by atoms with Crippen LogP contribution in [0, 0.1) is 0 Å². The van der Waals surface area contributed by atoms with Gasteiger partial charge in [0.05, 0.1) is 5.69 Å². The van der Waals surface area contributed by atoms with Gasteiger partial charge in [-0.3, -0.25) is 0 Å². The average Bonchev–Trinajstić information content (AvgIpc) is 2.72. The molecule has 2 aromatic carbocycles. The summed E-state index contributed by atoms with van der Waals surface area (Å²) in [5.41, 5.74) is 0.915. The van der Waals surface area contributed by atoms with E-state index in [4.69, 9.17) is 12.2 Å². The number of hydrogen-bond donors (Lipinski definition) is 6. The molecule has 1 fully saturated rings. The smallest absolute Gasteiger partial charge is 0.198 e. The van der Waals surface area contributed by atoms with Crippen LogP contribution in [0.1, 0.15) is 0 Å². The summed E-state index contributed by atoms with van der Waals surface area (Å²) in [4.78, 5) is 0. The number of aliphatic hydroxyl groups is 5. The third-order valence-corrected chi connectivity index (χ3v) is 4.66. The molecule has 1 aliphatic carbocycles. The Bertz CT molecular complexity index is 818. The molecule has 0 saturated heterocycles.